The molecule has 9 heteroatoms. The maximum absolute atomic E-state index is 13.2. The number of methoxy groups -OCH3 is 1. The summed E-state index contributed by atoms with van der Waals surface area (Å²) in [4.78, 5) is 28.6. The van der Waals surface area contributed by atoms with E-state index >= 15 is 0 Å². The molecule has 0 saturated carbocycles. The summed E-state index contributed by atoms with van der Waals surface area (Å²) in [6.45, 7) is 0.439. The van der Waals surface area contributed by atoms with E-state index < -0.39 is 21.9 Å². The Morgan fingerprint density at radius 3 is 2.56 bits per heavy atom. The summed E-state index contributed by atoms with van der Waals surface area (Å²) in [5.74, 6) is -0.810. The van der Waals surface area contributed by atoms with E-state index in [1.807, 2.05) is 12.1 Å². The summed E-state index contributed by atoms with van der Waals surface area (Å²) in [6, 6.07) is 6.10. The Morgan fingerprint density at radius 2 is 1.81 bits per heavy atom. The number of amides is 2. The van der Waals surface area contributed by atoms with Gasteiger partial charge in [-0.25, -0.2) is 8.42 Å². The number of carbonyl (C=O) groups excluding carboxylic acids is 2. The van der Waals surface area contributed by atoms with Crippen LogP contribution in [0, 0.1) is 0 Å². The first-order valence-corrected chi connectivity index (χ1v) is 10.5. The first-order chi connectivity index (χ1) is 12.9. The van der Waals surface area contributed by atoms with Gasteiger partial charge in [0.2, 0.25) is 5.91 Å². The average molecular weight is 392 g/mol. The number of hydrogen-bond donors (Lipinski definition) is 0. The molecule has 0 N–H and O–H groups in total. The van der Waals surface area contributed by atoms with Gasteiger partial charge in [-0.1, -0.05) is 18.2 Å². The Bertz CT molecular complexity index is 998. The predicted molar refractivity (Wildman–Crippen MR) is 97.1 cm³/mol. The predicted octanol–water partition coefficient (Wildman–Crippen LogP) is 0.529. The highest BCUT2D eigenvalue weighted by atomic mass is 32.2. The summed E-state index contributed by atoms with van der Waals surface area (Å²) >= 11 is 0. The van der Waals surface area contributed by atoms with Crippen LogP contribution in [0.1, 0.15) is 10.4 Å². The zero-order chi connectivity index (χ0) is 19.2. The molecule has 2 aliphatic rings. The van der Waals surface area contributed by atoms with Crippen LogP contribution in [0.4, 0.5) is 0 Å². The fourth-order valence-electron chi connectivity index (χ4n) is 4.02. The van der Waals surface area contributed by atoms with Gasteiger partial charge in [-0.05, 0) is 6.07 Å². The molecule has 0 aliphatic carbocycles. The van der Waals surface area contributed by atoms with Gasteiger partial charge in [0.15, 0.2) is 9.84 Å². The molecule has 2 fully saturated rings. The second-order valence-corrected chi connectivity index (χ2v) is 9.03. The quantitative estimate of drug-likeness (QED) is 0.756. The largest absolute Gasteiger partial charge is 0.463 e. The van der Waals surface area contributed by atoms with Crippen molar-refractivity contribution >= 4 is 32.6 Å². The maximum atomic E-state index is 13.2. The molecule has 2 atom stereocenters. The first kappa shape index (κ1) is 18.0. The molecule has 0 bridgehead atoms. The van der Waals surface area contributed by atoms with Gasteiger partial charge in [0.05, 0.1) is 29.2 Å². The Hall–Kier alpha value is -2.39. The van der Waals surface area contributed by atoms with E-state index in [0.29, 0.717) is 16.5 Å². The third-order valence-electron chi connectivity index (χ3n) is 5.24. The van der Waals surface area contributed by atoms with Crippen molar-refractivity contribution in [3.05, 3.63) is 36.1 Å². The van der Waals surface area contributed by atoms with Gasteiger partial charge in [0.1, 0.15) is 18.5 Å². The summed E-state index contributed by atoms with van der Waals surface area (Å²) < 4.78 is 34.9. The Balaban J connectivity index is 1.66. The zero-order valence-electron chi connectivity index (χ0n) is 14.8. The molecule has 3 heterocycles. The van der Waals surface area contributed by atoms with E-state index in [2.05, 4.69) is 0 Å². The monoisotopic (exact) mass is 392 g/mol. The molecule has 2 aliphatic heterocycles. The van der Waals surface area contributed by atoms with Crippen LogP contribution in [0.15, 0.2) is 34.9 Å². The molecule has 4 rings (SSSR count). The standard InChI is InChI=1S/C18H20N2O6S/c1-25-9-17(21)19-6-7-20(15-11-27(23,24)10-14(15)19)18(22)13-8-26-16-5-3-2-4-12(13)16/h2-5,8,14-15H,6-7,9-11H2,1H3/t14-,15+/m0/s1. The van der Waals surface area contributed by atoms with E-state index in [0.717, 1.165) is 0 Å². The summed E-state index contributed by atoms with van der Waals surface area (Å²) in [6.07, 6.45) is 1.41. The number of fused-ring (bicyclic) bond motifs is 2. The highest BCUT2D eigenvalue weighted by Gasteiger charge is 2.49. The van der Waals surface area contributed by atoms with Gasteiger partial charge in [-0.2, -0.15) is 0 Å². The van der Waals surface area contributed by atoms with Gasteiger partial charge >= 0.3 is 0 Å². The van der Waals surface area contributed by atoms with E-state index in [1.54, 1.807) is 17.0 Å². The second kappa shape index (κ2) is 6.65. The zero-order valence-corrected chi connectivity index (χ0v) is 15.6. The van der Waals surface area contributed by atoms with Gasteiger partial charge in [-0.15, -0.1) is 0 Å². The minimum atomic E-state index is -3.34. The molecule has 8 nitrogen and oxygen atoms in total. The number of rotatable bonds is 3. The topological polar surface area (TPSA) is 97.1 Å². The van der Waals surface area contributed by atoms with Crippen molar-refractivity contribution in [2.75, 3.05) is 38.3 Å². The van der Waals surface area contributed by atoms with E-state index in [1.165, 1.54) is 18.3 Å². The lowest BCUT2D eigenvalue weighted by Gasteiger charge is -2.43. The molecular weight excluding hydrogens is 372 g/mol. The smallest absolute Gasteiger partial charge is 0.258 e. The van der Waals surface area contributed by atoms with E-state index in [9.17, 15) is 18.0 Å². The van der Waals surface area contributed by atoms with Crippen molar-refractivity contribution in [3.63, 3.8) is 0 Å². The normalized spacial score (nSPS) is 24.2. The molecule has 2 saturated heterocycles. The minimum Gasteiger partial charge on any atom is -0.463 e. The third-order valence-corrected chi connectivity index (χ3v) is 6.94. The van der Waals surface area contributed by atoms with Crippen LogP contribution in [0.2, 0.25) is 0 Å². The van der Waals surface area contributed by atoms with Crippen LogP contribution in [0.25, 0.3) is 11.0 Å². The number of sulfone groups is 1. The van der Waals surface area contributed by atoms with Crippen molar-refractivity contribution in [1.82, 2.24) is 9.80 Å². The summed E-state index contributed by atoms with van der Waals surface area (Å²) in [7, 11) is -1.92. The number of ether oxygens (including phenoxy) is 1. The molecule has 27 heavy (non-hydrogen) atoms. The number of carbonyl (C=O) groups is 2. The first-order valence-electron chi connectivity index (χ1n) is 8.67. The minimum absolute atomic E-state index is 0.108. The van der Waals surface area contributed by atoms with Crippen LogP contribution < -0.4 is 0 Å². The highest BCUT2D eigenvalue weighted by Crippen LogP contribution is 2.30. The molecule has 1 aromatic heterocycles. The number of para-hydroxylation sites is 1. The SMILES string of the molecule is COCC(=O)N1CCN(C(=O)c2coc3ccccc23)[C@@H]2CS(=O)(=O)C[C@@H]21. The van der Waals surface area contributed by atoms with E-state index in [4.69, 9.17) is 9.15 Å². The Labute approximate surface area is 156 Å². The maximum Gasteiger partial charge on any atom is 0.258 e. The van der Waals surface area contributed by atoms with Crippen LogP contribution in [0.3, 0.4) is 0 Å². The number of furan rings is 1. The van der Waals surface area contributed by atoms with Crippen molar-refractivity contribution in [2.24, 2.45) is 0 Å². The highest BCUT2D eigenvalue weighted by molar-refractivity contribution is 7.91. The van der Waals surface area contributed by atoms with Gasteiger partial charge in [0, 0.05) is 25.6 Å². The van der Waals surface area contributed by atoms with Crippen molar-refractivity contribution in [1.29, 1.82) is 0 Å². The van der Waals surface area contributed by atoms with E-state index in [-0.39, 0.29) is 43.0 Å². The fraction of sp³-hybridized carbons (Fsp3) is 0.444. The summed E-state index contributed by atoms with van der Waals surface area (Å²) in [5.41, 5.74) is 1.01. The third kappa shape index (κ3) is 3.10. The van der Waals surface area contributed by atoms with Crippen LogP contribution in [-0.4, -0.2) is 80.4 Å². The van der Waals surface area contributed by atoms with Gasteiger partial charge in [-0.3, -0.25) is 9.59 Å². The number of piperazine rings is 1. The average Bonchev–Trinajstić information content (AvgIpc) is 3.20. The molecule has 144 valence electrons. The van der Waals surface area contributed by atoms with Gasteiger partial charge < -0.3 is 19.0 Å². The molecule has 0 unspecified atom stereocenters. The Kier molecular flexibility index (Phi) is 4.43. The Morgan fingerprint density at radius 1 is 1.15 bits per heavy atom. The molecule has 1 aromatic carbocycles. The van der Waals surface area contributed by atoms with Crippen LogP contribution >= 0.6 is 0 Å². The summed E-state index contributed by atoms with van der Waals surface area (Å²) in [5, 5.41) is 0.692. The molecule has 2 amide bonds. The number of hydrogen-bond acceptors (Lipinski definition) is 6. The van der Waals surface area contributed by atoms with Crippen molar-refractivity contribution in [3.8, 4) is 0 Å². The molecule has 0 radical (unpaired) electrons. The van der Waals surface area contributed by atoms with Crippen molar-refractivity contribution < 1.29 is 27.2 Å². The lowest BCUT2D eigenvalue weighted by Crippen LogP contribution is -2.62. The molecule has 2 aromatic rings. The number of nitrogens with zero attached hydrogens (tertiary/aromatic N) is 2. The van der Waals surface area contributed by atoms with Crippen molar-refractivity contribution in [2.45, 2.75) is 12.1 Å². The lowest BCUT2D eigenvalue weighted by molar-refractivity contribution is -0.140. The fourth-order valence-corrected chi connectivity index (χ4v) is 6.00. The molecular formula is C18H20N2O6S. The van der Waals surface area contributed by atoms with Crippen LogP contribution in [-0.2, 0) is 19.4 Å². The second-order valence-electron chi connectivity index (χ2n) is 6.88. The van der Waals surface area contributed by atoms with Gasteiger partial charge in [0.25, 0.3) is 5.91 Å². The lowest BCUT2D eigenvalue weighted by atomic mass is 10.0. The number of benzene rings is 1. The van der Waals surface area contributed by atoms with Crippen LogP contribution in [0.5, 0.6) is 0 Å². The molecule has 0 spiro atoms.